The third-order valence-electron chi connectivity index (χ3n) is 6.44. The molecule has 0 aliphatic carbocycles. The smallest absolute Gasteiger partial charge is 0.409 e. The Balaban J connectivity index is 1.52. The molecule has 0 bridgehead atoms. The van der Waals surface area contributed by atoms with Crippen LogP contribution in [0.2, 0.25) is 0 Å². The highest BCUT2D eigenvalue weighted by Gasteiger charge is 2.27. The molecule has 2 saturated heterocycles. The molecule has 0 saturated carbocycles. The average molecular weight is 478 g/mol. The summed E-state index contributed by atoms with van der Waals surface area (Å²) in [4.78, 5) is 36.7. The summed E-state index contributed by atoms with van der Waals surface area (Å²) < 4.78 is 7.49. The molecule has 2 aliphatic heterocycles. The third kappa shape index (κ3) is 4.67. The lowest BCUT2D eigenvalue weighted by Crippen LogP contribution is -2.38. The Morgan fingerprint density at radius 1 is 1.09 bits per heavy atom. The van der Waals surface area contributed by atoms with Crippen LogP contribution >= 0.6 is 0 Å². The van der Waals surface area contributed by atoms with Crippen molar-refractivity contribution in [2.45, 2.75) is 18.9 Å². The monoisotopic (exact) mass is 477 g/mol. The molecule has 1 aromatic carbocycles. The first kappa shape index (κ1) is 22.8. The second-order valence-corrected chi connectivity index (χ2v) is 8.56. The van der Waals surface area contributed by atoms with E-state index >= 15 is 0 Å². The van der Waals surface area contributed by atoms with Crippen LogP contribution in [-0.4, -0.2) is 81.1 Å². The van der Waals surface area contributed by atoms with Crippen LogP contribution in [0.5, 0.6) is 0 Å². The molecule has 2 N–H and O–H groups in total. The molecule has 0 spiro atoms. The number of hydrogen-bond acceptors (Lipinski definition) is 7. The number of nitrogens with zero attached hydrogens (tertiary/aromatic N) is 6. The average Bonchev–Trinajstić information content (AvgIpc) is 3.32. The van der Waals surface area contributed by atoms with Crippen molar-refractivity contribution in [2.24, 2.45) is 0 Å². The van der Waals surface area contributed by atoms with E-state index in [4.69, 9.17) is 24.9 Å². The van der Waals surface area contributed by atoms with Crippen LogP contribution in [0.25, 0.3) is 22.4 Å². The number of carbonyl (C=O) groups is 2. The SMILES string of the molecule is C=CC(=O)N1CCC(n2ncc3c(N4CCOCC4)nc(-c4ccc(NC(=O)O)cc4)nc32)CC1. The number of anilines is 2. The molecule has 5 rings (SSSR count). The highest BCUT2D eigenvalue weighted by molar-refractivity contribution is 5.89. The number of benzene rings is 1. The number of morpholine rings is 1. The Hall–Kier alpha value is -3.99. The van der Waals surface area contributed by atoms with Gasteiger partial charge in [0.2, 0.25) is 5.91 Å². The van der Waals surface area contributed by atoms with Gasteiger partial charge in [0.05, 0.1) is 30.8 Å². The highest BCUT2D eigenvalue weighted by Crippen LogP contribution is 2.32. The van der Waals surface area contributed by atoms with E-state index in [9.17, 15) is 9.59 Å². The maximum absolute atomic E-state index is 12.0. The van der Waals surface area contributed by atoms with E-state index in [0.717, 1.165) is 48.3 Å². The zero-order valence-corrected chi connectivity index (χ0v) is 19.3. The minimum absolute atomic E-state index is 0.0474. The van der Waals surface area contributed by atoms with E-state index in [-0.39, 0.29) is 11.9 Å². The van der Waals surface area contributed by atoms with Crippen LogP contribution in [0.1, 0.15) is 18.9 Å². The van der Waals surface area contributed by atoms with Gasteiger partial charge >= 0.3 is 6.09 Å². The minimum atomic E-state index is -1.12. The molecule has 0 radical (unpaired) electrons. The van der Waals surface area contributed by atoms with Crippen molar-refractivity contribution in [1.82, 2.24) is 24.6 Å². The fraction of sp³-hybridized carbons (Fsp3) is 0.375. The van der Waals surface area contributed by atoms with Crippen LogP contribution < -0.4 is 10.2 Å². The van der Waals surface area contributed by atoms with Crippen molar-refractivity contribution < 1.29 is 19.4 Å². The summed E-state index contributed by atoms with van der Waals surface area (Å²) in [6.07, 6.45) is 3.62. The minimum Gasteiger partial charge on any atom is -0.465 e. The third-order valence-corrected chi connectivity index (χ3v) is 6.44. The van der Waals surface area contributed by atoms with Gasteiger partial charge in [0, 0.05) is 37.4 Å². The summed E-state index contributed by atoms with van der Waals surface area (Å²) >= 11 is 0. The maximum Gasteiger partial charge on any atom is 0.409 e. The summed E-state index contributed by atoms with van der Waals surface area (Å²) in [5.41, 5.74) is 2.00. The molecule has 2 aromatic heterocycles. The van der Waals surface area contributed by atoms with Gasteiger partial charge in [-0.05, 0) is 43.2 Å². The van der Waals surface area contributed by atoms with Crippen molar-refractivity contribution in [3.8, 4) is 11.4 Å². The Morgan fingerprint density at radius 2 is 1.80 bits per heavy atom. The maximum atomic E-state index is 12.0. The van der Waals surface area contributed by atoms with Crippen LogP contribution in [0.3, 0.4) is 0 Å². The first-order chi connectivity index (χ1) is 17.0. The van der Waals surface area contributed by atoms with Gasteiger partial charge in [-0.15, -0.1) is 0 Å². The summed E-state index contributed by atoms with van der Waals surface area (Å²) in [5.74, 6) is 1.31. The summed E-state index contributed by atoms with van der Waals surface area (Å²) in [6.45, 7) is 7.57. The van der Waals surface area contributed by atoms with E-state index in [1.807, 2.05) is 15.8 Å². The van der Waals surface area contributed by atoms with Gasteiger partial charge in [-0.1, -0.05) is 6.58 Å². The lowest BCUT2D eigenvalue weighted by atomic mass is 10.1. The number of amides is 2. The second kappa shape index (κ2) is 9.71. The number of aromatic nitrogens is 4. The lowest BCUT2D eigenvalue weighted by molar-refractivity contribution is -0.127. The van der Waals surface area contributed by atoms with Crippen molar-refractivity contribution in [2.75, 3.05) is 49.6 Å². The molecule has 3 aromatic rings. The molecule has 11 nitrogen and oxygen atoms in total. The number of nitrogens with one attached hydrogen (secondary N) is 1. The molecular formula is C24H27N7O4. The van der Waals surface area contributed by atoms with Gasteiger partial charge in [0.25, 0.3) is 0 Å². The van der Waals surface area contributed by atoms with E-state index in [2.05, 4.69) is 16.8 Å². The first-order valence-corrected chi connectivity index (χ1v) is 11.6. The number of ether oxygens (including phenoxy) is 1. The predicted molar refractivity (Wildman–Crippen MR) is 130 cm³/mol. The number of carbonyl (C=O) groups excluding carboxylic acids is 1. The Bertz CT molecular complexity index is 1240. The normalized spacial score (nSPS) is 16.9. The number of rotatable bonds is 5. The van der Waals surface area contributed by atoms with Crippen molar-refractivity contribution in [3.05, 3.63) is 43.1 Å². The molecule has 0 atom stereocenters. The van der Waals surface area contributed by atoms with Gasteiger partial charge in [-0.25, -0.2) is 19.4 Å². The standard InChI is InChI=1S/C24H27N7O4/c1-2-20(32)29-9-7-18(8-10-29)31-23-19(15-25-31)22(30-11-13-35-14-12-30)27-21(28-23)16-3-5-17(6-4-16)26-24(33)34/h2-6,15,18,26H,1,7-14H2,(H,33,34). The Kier molecular flexibility index (Phi) is 6.32. The number of fused-ring (bicyclic) bond motifs is 1. The molecule has 182 valence electrons. The molecule has 2 amide bonds. The van der Waals surface area contributed by atoms with E-state index in [0.29, 0.717) is 37.8 Å². The molecule has 2 aliphatic rings. The summed E-state index contributed by atoms with van der Waals surface area (Å²) in [6, 6.07) is 7.10. The van der Waals surface area contributed by atoms with Gasteiger partial charge in [-0.3, -0.25) is 10.1 Å². The van der Waals surface area contributed by atoms with Gasteiger partial charge in [-0.2, -0.15) is 5.10 Å². The van der Waals surface area contributed by atoms with Crippen LogP contribution in [-0.2, 0) is 9.53 Å². The number of likely N-dealkylation sites (tertiary alicyclic amines) is 1. The highest BCUT2D eigenvalue weighted by atomic mass is 16.5. The van der Waals surface area contributed by atoms with Gasteiger partial charge in [0.1, 0.15) is 5.82 Å². The van der Waals surface area contributed by atoms with Gasteiger partial charge < -0.3 is 19.6 Å². The number of carboxylic acid groups (broad SMARTS) is 1. The topological polar surface area (TPSA) is 126 Å². The van der Waals surface area contributed by atoms with Crippen molar-refractivity contribution >= 4 is 34.5 Å². The number of piperidine rings is 1. The van der Waals surface area contributed by atoms with Gasteiger partial charge in [0.15, 0.2) is 11.5 Å². The fourth-order valence-electron chi connectivity index (χ4n) is 4.61. The molecule has 4 heterocycles. The molecule has 35 heavy (non-hydrogen) atoms. The van der Waals surface area contributed by atoms with Crippen molar-refractivity contribution in [1.29, 1.82) is 0 Å². The molecule has 0 unspecified atom stereocenters. The van der Waals surface area contributed by atoms with Crippen LogP contribution in [0.15, 0.2) is 43.1 Å². The zero-order chi connectivity index (χ0) is 24.4. The van der Waals surface area contributed by atoms with Crippen LogP contribution in [0, 0.1) is 0 Å². The molecule has 11 heteroatoms. The van der Waals surface area contributed by atoms with E-state index < -0.39 is 6.09 Å². The second-order valence-electron chi connectivity index (χ2n) is 8.56. The molecular weight excluding hydrogens is 450 g/mol. The number of hydrogen-bond donors (Lipinski definition) is 2. The Labute approximate surface area is 202 Å². The Morgan fingerprint density at radius 3 is 2.46 bits per heavy atom. The zero-order valence-electron chi connectivity index (χ0n) is 19.3. The largest absolute Gasteiger partial charge is 0.465 e. The lowest BCUT2D eigenvalue weighted by Gasteiger charge is -2.31. The summed E-state index contributed by atoms with van der Waals surface area (Å²) in [7, 11) is 0. The summed E-state index contributed by atoms with van der Waals surface area (Å²) in [5, 5.41) is 16.9. The first-order valence-electron chi connectivity index (χ1n) is 11.6. The fourth-order valence-corrected chi connectivity index (χ4v) is 4.61. The molecule has 2 fully saturated rings. The van der Waals surface area contributed by atoms with Crippen molar-refractivity contribution in [3.63, 3.8) is 0 Å². The van der Waals surface area contributed by atoms with E-state index in [1.165, 1.54) is 6.08 Å². The van der Waals surface area contributed by atoms with E-state index in [1.54, 1.807) is 24.3 Å². The quantitative estimate of drug-likeness (QED) is 0.538. The van der Waals surface area contributed by atoms with Crippen LogP contribution in [0.4, 0.5) is 16.3 Å². The predicted octanol–water partition coefficient (Wildman–Crippen LogP) is 2.77.